The average Bonchev–Trinajstić information content (AvgIpc) is 1.80. The molecule has 0 rings (SSSR count). The predicted molar refractivity (Wildman–Crippen MR) is 37.2 cm³/mol. The number of carbonyl (C=O) groups is 1. The van der Waals surface area contributed by atoms with Crippen molar-refractivity contribution in [3.63, 3.8) is 0 Å². The maximum absolute atomic E-state index is 9.92. The van der Waals surface area contributed by atoms with Gasteiger partial charge in [0.15, 0.2) is 0 Å². The molecule has 9 heavy (non-hydrogen) atoms. The first-order valence-corrected chi connectivity index (χ1v) is 3.57. The van der Waals surface area contributed by atoms with Crippen LogP contribution in [-0.2, 0) is 4.74 Å². The molecular formula is C5H8Cl2O2. The van der Waals surface area contributed by atoms with Crippen molar-refractivity contribution in [3.8, 4) is 0 Å². The molecule has 0 aromatic heterocycles. The van der Waals surface area contributed by atoms with Crippen LogP contribution in [-0.4, -0.2) is 17.9 Å². The molecule has 0 fully saturated rings. The van der Waals surface area contributed by atoms with Crippen LogP contribution < -0.4 is 0 Å². The minimum absolute atomic E-state index is 0.370. The first-order chi connectivity index (χ1) is 4.27. The highest BCUT2D eigenvalue weighted by Gasteiger charge is 1.92. The van der Waals surface area contributed by atoms with Crippen molar-refractivity contribution in [2.45, 2.75) is 12.8 Å². The van der Waals surface area contributed by atoms with Crippen molar-refractivity contribution >= 4 is 28.6 Å². The van der Waals surface area contributed by atoms with E-state index in [-0.39, 0.29) is 0 Å². The number of hydrogen-bond acceptors (Lipinski definition) is 2. The highest BCUT2D eigenvalue weighted by molar-refractivity contribution is 6.61. The molecule has 0 spiro atoms. The summed E-state index contributed by atoms with van der Waals surface area (Å²) in [7, 11) is 0. The van der Waals surface area contributed by atoms with Crippen LogP contribution in [0.1, 0.15) is 12.8 Å². The number of ether oxygens (including phenoxy) is 1. The molecule has 0 radical (unpaired) electrons. The summed E-state index contributed by atoms with van der Waals surface area (Å²) in [5.41, 5.74) is -0.746. The summed E-state index contributed by atoms with van der Waals surface area (Å²) in [6.07, 6.45) is 1.63. The molecule has 0 N–H and O–H groups in total. The van der Waals surface area contributed by atoms with E-state index >= 15 is 0 Å². The van der Waals surface area contributed by atoms with E-state index in [1.807, 2.05) is 0 Å². The standard InChI is InChI=1S/C5H8Cl2O2/c6-3-1-2-4-9-5(7)8/h1-4H2. The Morgan fingerprint density at radius 1 is 1.44 bits per heavy atom. The van der Waals surface area contributed by atoms with Crippen molar-refractivity contribution in [2.75, 3.05) is 12.5 Å². The summed E-state index contributed by atoms with van der Waals surface area (Å²) in [6, 6.07) is 0. The molecule has 0 bridgehead atoms. The molecule has 0 aliphatic carbocycles. The number of hydrogen-bond donors (Lipinski definition) is 0. The monoisotopic (exact) mass is 170 g/mol. The van der Waals surface area contributed by atoms with Gasteiger partial charge in [-0.2, -0.15) is 0 Å². The molecule has 0 saturated heterocycles. The SMILES string of the molecule is O=C(Cl)OCCCCCl. The minimum Gasteiger partial charge on any atom is -0.454 e. The van der Waals surface area contributed by atoms with Crippen LogP contribution in [0.15, 0.2) is 0 Å². The lowest BCUT2D eigenvalue weighted by atomic mass is 10.4. The third kappa shape index (κ3) is 8.05. The van der Waals surface area contributed by atoms with Crippen molar-refractivity contribution in [1.29, 1.82) is 0 Å². The van der Waals surface area contributed by atoms with Gasteiger partial charge in [0.25, 0.3) is 0 Å². The van der Waals surface area contributed by atoms with Crippen LogP contribution in [0.2, 0.25) is 0 Å². The molecule has 0 unspecified atom stereocenters. The maximum atomic E-state index is 9.92. The Morgan fingerprint density at radius 3 is 2.56 bits per heavy atom. The van der Waals surface area contributed by atoms with Crippen LogP contribution in [0.5, 0.6) is 0 Å². The van der Waals surface area contributed by atoms with E-state index in [1.54, 1.807) is 0 Å². The highest BCUT2D eigenvalue weighted by atomic mass is 35.5. The Hall–Kier alpha value is 0.0500. The molecular weight excluding hydrogens is 163 g/mol. The summed E-state index contributed by atoms with van der Waals surface area (Å²) in [6.45, 7) is 0.370. The van der Waals surface area contributed by atoms with Crippen LogP contribution in [0.4, 0.5) is 4.79 Å². The van der Waals surface area contributed by atoms with Crippen LogP contribution in [0.25, 0.3) is 0 Å². The molecule has 0 aliphatic rings. The zero-order chi connectivity index (χ0) is 7.11. The molecule has 0 amide bonds. The molecule has 0 aromatic rings. The lowest BCUT2D eigenvalue weighted by molar-refractivity contribution is 0.171. The Morgan fingerprint density at radius 2 is 2.11 bits per heavy atom. The summed E-state index contributed by atoms with van der Waals surface area (Å²) in [4.78, 5) is 9.92. The summed E-state index contributed by atoms with van der Waals surface area (Å²) < 4.78 is 4.41. The first-order valence-electron chi connectivity index (χ1n) is 2.65. The van der Waals surface area contributed by atoms with Gasteiger partial charge in [-0.25, -0.2) is 4.79 Å². The third-order valence-corrected chi connectivity index (χ3v) is 1.12. The summed E-state index contributed by atoms with van der Waals surface area (Å²) >= 11 is 10.2. The van der Waals surface area contributed by atoms with Crippen molar-refractivity contribution in [1.82, 2.24) is 0 Å². The quantitative estimate of drug-likeness (QED) is 0.368. The zero-order valence-electron chi connectivity index (χ0n) is 4.90. The van der Waals surface area contributed by atoms with Crippen LogP contribution >= 0.6 is 23.2 Å². The molecule has 0 aromatic carbocycles. The van der Waals surface area contributed by atoms with Crippen molar-refractivity contribution in [2.24, 2.45) is 0 Å². The normalized spacial score (nSPS) is 9.11. The number of carbonyl (C=O) groups excluding carboxylic acids is 1. The van der Waals surface area contributed by atoms with Gasteiger partial charge in [-0.3, -0.25) is 0 Å². The largest absolute Gasteiger partial charge is 0.454 e. The molecule has 4 heteroatoms. The van der Waals surface area contributed by atoms with Gasteiger partial charge in [-0.1, -0.05) is 0 Å². The predicted octanol–water partition coefficient (Wildman–Crippen LogP) is 2.38. The molecule has 0 saturated carbocycles. The Kier molecular flexibility index (Phi) is 6.21. The topological polar surface area (TPSA) is 26.3 Å². The fraction of sp³-hybridized carbons (Fsp3) is 0.800. The molecule has 54 valence electrons. The molecule has 0 aliphatic heterocycles. The van der Waals surface area contributed by atoms with Gasteiger partial charge in [-0.15, -0.1) is 11.6 Å². The molecule has 0 atom stereocenters. The summed E-state index contributed by atoms with van der Waals surface area (Å²) in [5.74, 6) is 0.597. The van der Waals surface area contributed by atoms with E-state index in [1.165, 1.54) is 0 Å². The van der Waals surface area contributed by atoms with Crippen LogP contribution in [0, 0.1) is 0 Å². The highest BCUT2D eigenvalue weighted by Crippen LogP contribution is 1.94. The van der Waals surface area contributed by atoms with Crippen molar-refractivity contribution < 1.29 is 9.53 Å². The van der Waals surface area contributed by atoms with Crippen LogP contribution in [0.3, 0.4) is 0 Å². The second kappa shape index (κ2) is 6.17. The zero-order valence-corrected chi connectivity index (χ0v) is 6.41. The van der Waals surface area contributed by atoms with Gasteiger partial charge >= 0.3 is 5.43 Å². The average molecular weight is 171 g/mol. The lowest BCUT2D eigenvalue weighted by Gasteiger charge is -1.96. The van der Waals surface area contributed by atoms with E-state index in [9.17, 15) is 4.79 Å². The van der Waals surface area contributed by atoms with E-state index in [0.29, 0.717) is 12.5 Å². The summed E-state index contributed by atoms with van der Waals surface area (Å²) in [5, 5.41) is 0. The Balaban J connectivity index is 2.83. The van der Waals surface area contributed by atoms with Gasteiger partial charge in [0.05, 0.1) is 6.61 Å². The number of halogens is 2. The van der Waals surface area contributed by atoms with E-state index in [0.717, 1.165) is 12.8 Å². The number of alkyl halides is 1. The van der Waals surface area contributed by atoms with E-state index in [2.05, 4.69) is 4.74 Å². The fourth-order valence-corrected chi connectivity index (χ4v) is 0.615. The van der Waals surface area contributed by atoms with Gasteiger partial charge < -0.3 is 4.74 Å². The van der Waals surface area contributed by atoms with E-state index in [4.69, 9.17) is 23.2 Å². The second-order valence-corrected chi connectivity index (χ2v) is 2.17. The smallest absolute Gasteiger partial charge is 0.403 e. The number of rotatable bonds is 4. The fourth-order valence-electron chi connectivity index (χ4n) is 0.349. The lowest BCUT2D eigenvalue weighted by Crippen LogP contribution is -1.96. The Labute approximate surface area is 64.1 Å². The first kappa shape index (κ1) is 9.05. The van der Waals surface area contributed by atoms with Gasteiger partial charge in [0.2, 0.25) is 0 Å². The Bertz CT molecular complexity index is 85.0. The number of unbranched alkanes of at least 4 members (excludes halogenated alkanes) is 1. The van der Waals surface area contributed by atoms with Crippen molar-refractivity contribution in [3.05, 3.63) is 0 Å². The minimum atomic E-state index is -0.746. The van der Waals surface area contributed by atoms with Gasteiger partial charge in [-0.05, 0) is 12.8 Å². The molecule has 0 heterocycles. The van der Waals surface area contributed by atoms with E-state index < -0.39 is 5.43 Å². The molecule has 2 nitrogen and oxygen atoms in total. The van der Waals surface area contributed by atoms with Gasteiger partial charge in [0.1, 0.15) is 0 Å². The van der Waals surface area contributed by atoms with Gasteiger partial charge in [0, 0.05) is 17.5 Å². The maximum Gasteiger partial charge on any atom is 0.403 e. The third-order valence-electron chi connectivity index (χ3n) is 0.744. The second-order valence-electron chi connectivity index (χ2n) is 1.48.